The van der Waals surface area contributed by atoms with Crippen molar-refractivity contribution in [3.05, 3.63) is 106 Å². The first kappa shape index (κ1) is 21.9. The topological polar surface area (TPSA) is 0 Å². The van der Waals surface area contributed by atoms with Gasteiger partial charge in [0.1, 0.15) is 34.9 Å². The van der Waals surface area contributed by atoms with Crippen molar-refractivity contribution in [1.29, 1.82) is 0 Å². The van der Waals surface area contributed by atoms with Gasteiger partial charge in [0.2, 0.25) is 0 Å². The smallest absolute Gasteiger partial charge is 0.126 e. The Kier molecular flexibility index (Phi) is 6.85. The highest BCUT2D eigenvalue weighted by atomic mass is 19.2. The molecule has 0 aliphatic heterocycles. The zero-order chi connectivity index (χ0) is 21.8. The zero-order valence-electron chi connectivity index (χ0n) is 16.2. The van der Waals surface area contributed by atoms with E-state index in [1.807, 2.05) is 6.92 Å². The number of hydrogen-bond acceptors (Lipinski definition) is 0. The highest BCUT2D eigenvalue weighted by Gasteiger charge is 2.29. The third kappa shape index (κ3) is 5.23. The van der Waals surface area contributed by atoms with E-state index in [1.54, 1.807) is 0 Å². The van der Waals surface area contributed by atoms with Crippen molar-refractivity contribution < 1.29 is 26.3 Å². The van der Waals surface area contributed by atoms with Crippen LogP contribution in [0, 0.1) is 34.9 Å². The summed E-state index contributed by atoms with van der Waals surface area (Å²) in [6.45, 7) is 1.92. The summed E-state index contributed by atoms with van der Waals surface area (Å²) >= 11 is 0. The van der Waals surface area contributed by atoms with Crippen molar-refractivity contribution in [2.45, 2.75) is 38.0 Å². The van der Waals surface area contributed by atoms with Gasteiger partial charge in [-0.1, -0.05) is 19.8 Å². The van der Waals surface area contributed by atoms with E-state index in [4.69, 9.17) is 0 Å². The van der Waals surface area contributed by atoms with Crippen LogP contribution in [0.1, 0.15) is 54.7 Å². The van der Waals surface area contributed by atoms with E-state index in [0.717, 1.165) is 48.9 Å². The minimum Gasteiger partial charge on any atom is -0.207 e. The molecule has 3 aromatic carbocycles. The zero-order valence-corrected chi connectivity index (χ0v) is 16.2. The number of benzene rings is 3. The molecule has 0 N–H and O–H groups in total. The Morgan fingerprint density at radius 3 is 1.20 bits per heavy atom. The molecule has 0 nitrogen and oxygen atoms in total. The summed E-state index contributed by atoms with van der Waals surface area (Å²) in [5.74, 6) is -6.62. The molecule has 0 heterocycles. The SMILES string of the molecule is CCCCC(c1cc(F)cc(F)c1)C(c1cc(F)cc(F)c1)c1cc(F)cc(F)c1. The van der Waals surface area contributed by atoms with E-state index < -0.39 is 46.7 Å². The predicted octanol–water partition coefficient (Wildman–Crippen LogP) is 7.63. The van der Waals surface area contributed by atoms with Gasteiger partial charge in [-0.25, -0.2) is 26.3 Å². The number of halogens is 6. The van der Waals surface area contributed by atoms with E-state index in [-0.39, 0.29) is 16.7 Å². The first-order valence-electron chi connectivity index (χ1n) is 9.64. The number of unbranched alkanes of at least 4 members (excludes halogenated alkanes) is 1. The van der Waals surface area contributed by atoms with Crippen LogP contribution in [0.4, 0.5) is 26.3 Å². The van der Waals surface area contributed by atoms with Gasteiger partial charge in [0.05, 0.1) is 0 Å². The fourth-order valence-electron chi connectivity index (χ4n) is 3.91. The third-order valence-electron chi connectivity index (χ3n) is 5.07. The predicted molar refractivity (Wildman–Crippen MR) is 103 cm³/mol. The lowest BCUT2D eigenvalue weighted by Gasteiger charge is -2.29. The Bertz CT molecular complexity index is 918. The second kappa shape index (κ2) is 9.37. The molecule has 3 aromatic rings. The number of hydrogen-bond donors (Lipinski definition) is 0. The van der Waals surface area contributed by atoms with Gasteiger partial charge < -0.3 is 0 Å². The second-order valence-corrected chi connectivity index (χ2v) is 7.33. The molecular weight excluding hydrogens is 402 g/mol. The van der Waals surface area contributed by atoms with Crippen molar-refractivity contribution in [3.8, 4) is 0 Å². The van der Waals surface area contributed by atoms with E-state index in [9.17, 15) is 26.3 Å². The van der Waals surface area contributed by atoms with Crippen LogP contribution in [0.15, 0.2) is 54.6 Å². The molecule has 0 radical (unpaired) electrons. The molecule has 0 aromatic heterocycles. The van der Waals surface area contributed by atoms with Gasteiger partial charge in [0.25, 0.3) is 0 Å². The fourth-order valence-corrected chi connectivity index (χ4v) is 3.91. The summed E-state index contributed by atoms with van der Waals surface area (Å²) in [6.07, 6.45) is 1.77. The summed E-state index contributed by atoms with van der Waals surface area (Å²) in [5, 5.41) is 0. The molecular formula is C24H20F6. The molecule has 6 heteroatoms. The summed E-state index contributed by atoms with van der Waals surface area (Å²) in [5.41, 5.74) is 0.506. The second-order valence-electron chi connectivity index (χ2n) is 7.33. The van der Waals surface area contributed by atoms with Crippen molar-refractivity contribution in [2.24, 2.45) is 0 Å². The van der Waals surface area contributed by atoms with Crippen LogP contribution >= 0.6 is 0 Å². The fraction of sp³-hybridized carbons (Fsp3) is 0.250. The molecule has 30 heavy (non-hydrogen) atoms. The molecule has 0 saturated carbocycles. The normalized spacial score (nSPS) is 12.4. The van der Waals surface area contributed by atoms with E-state index in [2.05, 4.69) is 0 Å². The molecule has 1 unspecified atom stereocenters. The molecule has 0 fully saturated rings. The average molecular weight is 422 g/mol. The van der Waals surface area contributed by atoms with Crippen molar-refractivity contribution >= 4 is 0 Å². The molecule has 0 saturated heterocycles. The lowest BCUT2D eigenvalue weighted by Crippen LogP contribution is -2.15. The monoisotopic (exact) mass is 422 g/mol. The summed E-state index contributed by atoms with van der Waals surface area (Å²) < 4.78 is 83.9. The maximum Gasteiger partial charge on any atom is 0.126 e. The first-order chi connectivity index (χ1) is 14.3. The summed E-state index contributed by atoms with van der Waals surface area (Å²) in [7, 11) is 0. The highest BCUT2D eigenvalue weighted by Crippen LogP contribution is 2.42. The molecule has 0 amide bonds. The van der Waals surface area contributed by atoms with Crippen LogP contribution in [-0.2, 0) is 0 Å². The van der Waals surface area contributed by atoms with Gasteiger partial charge in [0.15, 0.2) is 0 Å². The Morgan fingerprint density at radius 2 is 0.867 bits per heavy atom. The minimum absolute atomic E-state index is 0.128. The van der Waals surface area contributed by atoms with E-state index in [0.29, 0.717) is 25.0 Å². The van der Waals surface area contributed by atoms with Crippen molar-refractivity contribution in [2.75, 3.05) is 0 Å². The highest BCUT2D eigenvalue weighted by molar-refractivity contribution is 5.39. The summed E-state index contributed by atoms with van der Waals surface area (Å²) in [6, 6.07) is 8.68. The Morgan fingerprint density at radius 1 is 0.533 bits per heavy atom. The molecule has 0 aliphatic carbocycles. The maximum atomic E-state index is 14.0. The largest absolute Gasteiger partial charge is 0.207 e. The van der Waals surface area contributed by atoms with E-state index >= 15 is 0 Å². The maximum absolute atomic E-state index is 14.0. The summed E-state index contributed by atoms with van der Waals surface area (Å²) in [4.78, 5) is 0. The van der Waals surface area contributed by atoms with Crippen molar-refractivity contribution in [1.82, 2.24) is 0 Å². The molecule has 0 aliphatic rings. The molecule has 158 valence electrons. The van der Waals surface area contributed by atoms with Gasteiger partial charge >= 0.3 is 0 Å². The standard InChI is InChI=1S/C24H20F6/c1-2-3-4-23(14-5-17(25)11-18(26)6-14)24(15-7-19(27)12-20(28)8-15)16-9-21(29)13-22(30)10-16/h5-13,23-24H,2-4H2,1H3. The van der Waals surface area contributed by atoms with Gasteiger partial charge in [-0.05, 0) is 65.4 Å². The van der Waals surface area contributed by atoms with Crippen LogP contribution in [0.3, 0.4) is 0 Å². The Balaban J connectivity index is 2.25. The Hall–Kier alpha value is -2.76. The third-order valence-corrected chi connectivity index (χ3v) is 5.07. The van der Waals surface area contributed by atoms with Gasteiger partial charge in [0, 0.05) is 24.1 Å². The number of rotatable bonds is 7. The minimum atomic E-state index is -0.923. The molecule has 3 rings (SSSR count). The first-order valence-corrected chi connectivity index (χ1v) is 9.64. The van der Waals surface area contributed by atoms with Crippen LogP contribution in [0.2, 0.25) is 0 Å². The Labute approximate surface area is 171 Å². The molecule has 1 atom stereocenters. The van der Waals surface area contributed by atoms with Gasteiger partial charge in [-0.15, -0.1) is 0 Å². The van der Waals surface area contributed by atoms with Crippen LogP contribution < -0.4 is 0 Å². The van der Waals surface area contributed by atoms with Crippen LogP contribution in [0.5, 0.6) is 0 Å². The molecule has 0 bridgehead atoms. The molecule has 0 spiro atoms. The van der Waals surface area contributed by atoms with Crippen molar-refractivity contribution in [3.63, 3.8) is 0 Å². The quantitative estimate of drug-likeness (QED) is 0.344. The van der Waals surface area contributed by atoms with E-state index in [1.165, 1.54) is 0 Å². The lowest BCUT2D eigenvalue weighted by molar-refractivity contribution is 0.504. The van der Waals surface area contributed by atoms with Crippen LogP contribution in [0.25, 0.3) is 0 Å². The van der Waals surface area contributed by atoms with Gasteiger partial charge in [-0.2, -0.15) is 0 Å². The lowest BCUT2D eigenvalue weighted by atomic mass is 9.74. The van der Waals surface area contributed by atoms with Gasteiger partial charge in [-0.3, -0.25) is 0 Å². The average Bonchev–Trinajstić information content (AvgIpc) is 2.62. The van der Waals surface area contributed by atoms with Crippen LogP contribution in [-0.4, -0.2) is 0 Å².